The van der Waals surface area contributed by atoms with Crippen molar-refractivity contribution < 1.29 is 0 Å². The van der Waals surface area contributed by atoms with E-state index in [1.54, 1.807) is 0 Å². The van der Waals surface area contributed by atoms with Gasteiger partial charge >= 0.3 is 0 Å². The van der Waals surface area contributed by atoms with Crippen molar-refractivity contribution in [3.05, 3.63) is 17.7 Å². The third kappa shape index (κ3) is 2.10. The molecule has 0 aromatic carbocycles. The minimum Gasteiger partial charge on any atom is -0.346 e. The average molecular weight is 179 g/mol. The van der Waals surface area contributed by atoms with E-state index >= 15 is 0 Å². The number of nitrogens with one attached hydrogen (secondary N) is 2. The summed E-state index contributed by atoms with van der Waals surface area (Å²) in [4.78, 5) is 7.69. The van der Waals surface area contributed by atoms with Crippen molar-refractivity contribution in [3.63, 3.8) is 0 Å². The number of aromatic nitrogens is 2. The summed E-state index contributed by atoms with van der Waals surface area (Å²) in [6.45, 7) is 3.32. The van der Waals surface area contributed by atoms with Crippen LogP contribution in [-0.2, 0) is 12.8 Å². The monoisotopic (exact) mass is 179 g/mol. The van der Waals surface area contributed by atoms with Crippen LogP contribution in [0.5, 0.6) is 0 Å². The van der Waals surface area contributed by atoms with E-state index < -0.39 is 0 Å². The van der Waals surface area contributed by atoms with Crippen LogP contribution in [0.4, 0.5) is 0 Å². The highest BCUT2D eigenvalue weighted by Gasteiger charge is 2.15. The van der Waals surface area contributed by atoms with Gasteiger partial charge in [0, 0.05) is 24.4 Å². The van der Waals surface area contributed by atoms with Gasteiger partial charge in [0.05, 0.1) is 0 Å². The molecule has 0 saturated carbocycles. The van der Waals surface area contributed by atoms with Gasteiger partial charge in [-0.05, 0) is 25.8 Å². The summed E-state index contributed by atoms with van der Waals surface area (Å²) in [5.74, 6) is 1.14. The zero-order chi connectivity index (χ0) is 9.10. The van der Waals surface area contributed by atoms with Crippen LogP contribution in [0, 0.1) is 0 Å². The molecule has 3 heteroatoms. The minimum atomic E-state index is 0.649. The molecular weight excluding hydrogens is 162 g/mol. The number of H-pyrrole nitrogens is 1. The van der Waals surface area contributed by atoms with Crippen LogP contribution in [0.15, 0.2) is 6.20 Å². The van der Waals surface area contributed by atoms with Crippen molar-refractivity contribution in [1.29, 1.82) is 0 Å². The fraction of sp³-hybridized carbons (Fsp3) is 0.700. The number of aryl methyl sites for hydroxylation is 1. The Morgan fingerprint density at radius 3 is 3.15 bits per heavy atom. The summed E-state index contributed by atoms with van der Waals surface area (Å²) in [6.07, 6.45) is 6.66. The number of aromatic amines is 1. The summed E-state index contributed by atoms with van der Waals surface area (Å²) in [5, 5.41) is 3.47. The van der Waals surface area contributed by atoms with Crippen LogP contribution in [0.25, 0.3) is 0 Å². The summed E-state index contributed by atoms with van der Waals surface area (Å²) in [6, 6.07) is 0.649. The highest BCUT2D eigenvalue weighted by molar-refractivity contribution is 5.02. The number of imidazole rings is 1. The van der Waals surface area contributed by atoms with Crippen LogP contribution in [-0.4, -0.2) is 22.6 Å². The smallest absolute Gasteiger partial charge is 0.107 e. The number of nitrogens with zero attached hydrogens (tertiary/aromatic N) is 1. The van der Waals surface area contributed by atoms with E-state index in [9.17, 15) is 0 Å². The van der Waals surface area contributed by atoms with Crippen LogP contribution in [0.2, 0.25) is 0 Å². The first-order chi connectivity index (χ1) is 6.38. The summed E-state index contributed by atoms with van der Waals surface area (Å²) < 4.78 is 0. The molecule has 72 valence electrons. The van der Waals surface area contributed by atoms with Crippen LogP contribution in [0.3, 0.4) is 0 Å². The molecule has 1 aromatic heterocycles. The quantitative estimate of drug-likeness (QED) is 0.733. The third-order valence-corrected chi connectivity index (χ3v) is 2.66. The van der Waals surface area contributed by atoms with Gasteiger partial charge in [-0.2, -0.15) is 0 Å². The normalized spacial score (nSPS) is 22.4. The Labute approximate surface area is 79.0 Å². The topological polar surface area (TPSA) is 40.7 Å². The first-order valence-corrected chi connectivity index (χ1v) is 5.14. The average Bonchev–Trinajstić information content (AvgIpc) is 2.76. The molecule has 0 spiro atoms. The van der Waals surface area contributed by atoms with Crippen LogP contribution in [0.1, 0.15) is 31.3 Å². The van der Waals surface area contributed by atoms with Gasteiger partial charge in [-0.3, -0.25) is 0 Å². The number of hydrogen-bond acceptors (Lipinski definition) is 2. The largest absolute Gasteiger partial charge is 0.346 e. The minimum absolute atomic E-state index is 0.649. The van der Waals surface area contributed by atoms with Gasteiger partial charge in [0.15, 0.2) is 0 Å². The Morgan fingerprint density at radius 2 is 2.54 bits per heavy atom. The molecule has 0 bridgehead atoms. The van der Waals surface area contributed by atoms with Gasteiger partial charge in [0.25, 0.3) is 0 Å². The molecule has 0 radical (unpaired) electrons. The molecule has 1 fully saturated rings. The first kappa shape index (κ1) is 8.75. The predicted octanol–water partition coefficient (Wildman–Crippen LogP) is 1.27. The Hall–Kier alpha value is -0.830. The van der Waals surface area contributed by atoms with Gasteiger partial charge in [0.1, 0.15) is 5.82 Å². The van der Waals surface area contributed by atoms with E-state index in [-0.39, 0.29) is 0 Å². The van der Waals surface area contributed by atoms with E-state index in [1.807, 2.05) is 6.20 Å². The van der Waals surface area contributed by atoms with Crippen molar-refractivity contribution in [2.45, 2.75) is 38.6 Å². The molecule has 1 aromatic rings. The zero-order valence-corrected chi connectivity index (χ0v) is 8.14. The molecule has 1 saturated heterocycles. The van der Waals surface area contributed by atoms with E-state index in [1.165, 1.54) is 25.1 Å². The van der Waals surface area contributed by atoms with Gasteiger partial charge < -0.3 is 10.3 Å². The highest BCUT2D eigenvalue weighted by atomic mass is 15.0. The second kappa shape index (κ2) is 3.92. The molecule has 1 atom stereocenters. The number of hydrogen-bond donors (Lipinski definition) is 2. The molecule has 1 aliphatic rings. The maximum Gasteiger partial charge on any atom is 0.107 e. The molecule has 0 aliphatic carbocycles. The maximum absolute atomic E-state index is 4.35. The van der Waals surface area contributed by atoms with Crippen molar-refractivity contribution in [2.24, 2.45) is 0 Å². The Morgan fingerprint density at radius 1 is 1.62 bits per heavy atom. The molecule has 13 heavy (non-hydrogen) atoms. The third-order valence-electron chi connectivity index (χ3n) is 2.66. The molecule has 3 nitrogen and oxygen atoms in total. The number of rotatable bonds is 3. The molecular formula is C10H17N3. The summed E-state index contributed by atoms with van der Waals surface area (Å²) >= 11 is 0. The van der Waals surface area contributed by atoms with Gasteiger partial charge in [0.2, 0.25) is 0 Å². The molecule has 1 aliphatic heterocycles. The molecule has 0 amide bonds. The Kier molecular flexibility index (Phi) is 2.64. The van der Waals surface area contributed by atoms with Crippen molar-refractivity contribution in [2.75, 3.05) is 6.54 Å². The lowest BCUT2D eigenvalue weighted by Gasteiger charge is -2.06. The van der Waals surface area contributed by atoms with E-state index in [0.29, 0.717) is 6.04 Å². The second-order valence-electron chi connectivity index (χ2n) is 3.71. The fourth-order valence-electron chi connectivity index (χ4n) is 1.85. The van der Waals surface area contributed by atoms with E-state index in [4.69, 9.17) is 0 Å². The first-order valence-electron chi connectivity index (χ1n) is 5.14. The Bertz CT molecular complexity index is 261. The fourth-order valence-corrected chi connectivity index (χ4v) is 1.85. The molecule has 1 unspecified atom stereocenters. The standard InChI is InChI=1S/C10H17N3/c1-2-8-7-12-10(13-8)6-9-4-3-5-11-9/h7,9,11H,2-6H2,1H3,(H,12,13). The van der Waals surface area contributed by atoms with Crippen LogP contribution < -0.4 is 5.32 Å². The highest BCUT2D eigenvalue weighted by Crippen LogP contribution is 2.10. The zero-order valence-electron chi connectivity index (χ0n) is 8.14. The van der Waals surface area contributed by atoms with Crippen LogP contribution >= 0.6 is 0 Å². The SMILES string of the molecule is CCc1cnc(CC2CCCN2)[nH]1. The van der Waals surface area contributed by atoms with Crippen molar-refractivity contribution in [3.8, 4) is 0 Å². The van der Waals surface area contributed by atoms with Crippen molar-refractivity contribution in [1.82, 2.24) is 15.3 Å². The summed E-state index contributed by atoms with van der Waals surface area (Å²) in [5.41, 5.74) is 1.24. The molecule has 2 rings (SSSR count). The lowest BCUT2D eigenvalue weighted by Crippen LogP contribution is -2.24. The molecule has 2 heterocycles. The lowest BCUT2D eigenvalue weighted by atomic mass is 10.1. The Balaban J connectivity index is 1.92. The maximum atomic E-state index is 4.35. The van der Waals surface area contributed by atoms with Gasteiger partial charge in [-0.1, -0.05) is 6.92 Å². The van der Waals surface area contributed by atoms with E-state index in [2.05, 4.69) is 22.2 Å². The van der Waals surface area contributed by atoms with Crippen molar-refractivity contribution >= 4 is 0 Å². The lowest BCUT2D eigenvalue weighted by molar-refractivity contribution is 0.588. The van der Waals surface area contributed by atoms with Gasteiger partial charge in [-0.25, -0.2) is 4.98 Å². The molecule has 2 N–H and O–H groups in total. The predicted molar refractivity (Wildman–Crippen MR) is 52.7 cm³/mol. The second-order valence-corrected chi connectivity index (χ2v) is 3.71. The summed E-state index contributed by atoms with van der Waals surface area (Å²) in [7, 11) is 0. The van der Waals surface area contributed by atoms with E-state index in [0.717, 1.165) is 18.7 Å². The van der Waals surface area contributed by atoms with Gasteiger partial charge in [-0.15, -0.1) is 0 Å².